The van der Waals surface area contributed by atoms with Gasteiger partial charge < -0.3 is 20.9 Å². The predicted octanol–water partition coefficient (Wildman–Crippen LogP) is 1.33. The smallest absolute Gasteiger partial charge is 0.241 e. The first kappa shape index (κ1) is 19.7. The molecular formula is C17H35N5O. The van der Waals surface area contributed by atoms with E-state index in [0.29, 0.717) is 6.54 Å². The van der Waals surface area contributed by atoms with Crippen molar-refractivity contribution in [3.8, 4) is 0 Å². The zero-order valence-corrected chi connectivity index (χ0v) is 15.0. The van der Waals surface area contributed by atoms with E-state index in [0.717, 1.165) is 38.4 Å². The highest BCUT2D eigenvalue weighted by Crippen LogP contribution is 2.09. The quantitative estimate of drug-likeness (QED) is 0.340. The Labute approximate surface area is 141 Å². The molecule has 0 spiro atoms. The Morgan fingerprint density at radius 1 is 1.00 bits per heavy atom. The summed E-state index contributed by atoms with van der Waals surface area (Å²) in [5.41, 5.74) is 0. The van der Waals surface area contributed by atoms with Crippen molar-refractivity contribution < 1.29 is 4.79 Å². The van der Waals surface area contributed by atoms with E-state index in [2.05, 4.69) is 25.8 Å². The van der Waals surface area contributed by atoms with E-state index in [1.165, 1.54) is 38.8 Å². The fourth-order valence-corrected chi connectivity index (χ4v) is 2.68. The molecule has 1 fully saturated rings. The minimum atomic E-state index is -0.0198. The van der Waals surface area contributed by atoms with Crippen LogP contribution in [0.1, 0.15) is 52.4 Å². The molecule has 0 atom stereocenters. The van der Waals surface area contributed by atoms with Gasteiger partial charge in [0.1, 0.15) is 6.54 Å². The second-order valence-electron chi connectivity index (χ2n) is 6.08. The van der Waals surface area contributed by atoms with E-state index in [1.807, 2.05) is 13.8 Å². The lowest BCUT2D eigenvalue weighted by Crippen LogP contribution is -2.40. The number of carbonyl (C=O) groups is 1. The van der Waals surface area contributed by atoms with Gasteiger partial charge >= 0.3 is 0 Å². The van der Waals surface area contributed by atoms with Crippen molar-refractivity contribution in [2.75, 3.05) is 45.8 Å². The lowest BCUT2D eigenvalue weighted by atomic mass is 10.2. The summed E-state index contributed by atoms with van der Waals surface area (Å²) in [6.07, 6.45) is 7.49. The Hall–Kier alpha value is -1.30. The van der Waals surface area contributed by atoms with Crippen molar-refractivity contribution in [3.05, 3.63) is 0 Å². The maximum atomic E-state index is 11.6. The number of nitrogens with zero attached hydrogens (tertiary/aromatic N) is 2. The fraction of sp³-hybridized carbons (Fsp3) is 0.882. The summed E-state index contributed by atoms with van der Waals surface area (Å²) in [6.45, 7) is 10.3. The first-order valence-electron chi connectivity index (χ1n) is 9.27. The molecule has 6 nitrogen and oxygen atoms in total. The number of aliphatic imine (C=N–C) groups is 1. The van der Waals surface area contributed by atoms with Gasteiger partial charge in [0.05, 0.1) is 0 Å². The van der Waals surface area contributed by atoms with E-state index in [4.69, 9.17) is 0 Å². The van der Waals surface area contributed by atoms with Gasteiger partial charge in [-0.1, -0.05) is 19.8 Å². The molecule has 23 heavy (non-hydrogen) atoms. The summed E-state index contributed by atoms with van der Waals surface area (Å²) in [7, 11) is 0. The van der Waals surface area contributed by atoms with Crippen LogP contribution >= 0.6 is 0 Å². The second kappa shape index (κ2) is 13.2. The van der Waals surface area contributed by atoms with Crippen molar-refractivity contribution in [3.63, 3.8) is 0 Å². The lowest BCUT2D eigenvalue weighted by Gasteiger charge is -2.20. The molecule has 0 aromatic heterocycles. The van der Waals surface area contributed by atoms with Gasteiger partial charge in [-0.15, -0.1) is 0 Å². The average molecular weight is 326 g/mol. The van der Waals surface area contributed by atoms with Crippen molar-refractivity contribution in [1.82, 2.24) is 20.9 Å². The van der Waals surface area contributed by atoms with Gasteiger partial charge in [0, 0.05) is 19.6 Å². The van der Waals surface area contributed by atoms with Crippen LogP contribution in [-0.4, -0.2) is 62.6 Å². The SMILES string of the molecule is CCCNC(=O)CN=C(NCC)NCCCN1CCCCCC1. The number of hydrogen-bond donors (Lipinski definition) is 3. The highest BCUT2D eigenvalue weighted by molar-refractivity contribution is 5.84. The Kier molecular flexibility index (Phi) is 11.3. The molecule has 134 valence electrons. The molecule has 1 aliphatic rings. The minimum Gasteiger partial charge on any atom is -0.357 e. The molecule has 1 heterocycles. The van der Waals surface area contributed by atoms with Gasteiger partial charge in [-0.25, -0.2) is 4.99 Å². The lowest BCUT2D eigenvalue weighted by molar-refractivity contribution is -0.119. The maximum Gasteiger partial charge on any atom is 0.241 e. The van der Waals surface area contributed by atoms with Gasteiger partial charge in [-0.05, 0) is 52.2 Å². The van der Waals surface area contributed by atoms with Crippen LogP contribution < -0.4 is 16.0 Å². The van der Waals surface area contributed by atoms with Crippen molar-refractivity contribution in [2.45, 2.75) is 52.4 Å². The number of likely N-dealkylation sites (tertiary alicyclic amines) is 1. The number of carbonyl (C=O) groups excluding carboxylic acids is 1. The van der Waals surface area contributed by atoms with Crippen LogP contribution in [0.15, 0.2) is 4.99 Å². The molecule has 1 amide bonds. The van der Waals surface area contributed by atoms with Gasteiger partial charge in [-0.3, -0.25) is 4.79 Å². The summed E-state index contributed by atoms with van der Waals surface area (Å²) in [5.74, 6) is 0.712. The standard InChI is InChI=1S/C17H35N5O/c1-3-10-19-16(23)15-21-17(18-4-2)20-11-9-14-22-12-7-5-6-8-13-22/h3-15H2,1-2H3,(H,19,23)(H2,18,20,21). The summed E-state index contributed by atoms with van der Waals surface area (Å²) >= 11 is 0. The second-order valence-corrected chi connectivity index (χ2v) is 6.08. The third-order valence-corrected chi connectivity index (χ3v) is 3.94. The molecule has 3 N–H and O–H groups in total. The van der Waals surface area contributed by atoms with E-state index in [1.54, 1.807) is 0 Å². The zero-order valence-electron chi connectivity index (χ0n) is 15.0. The molecule has 0 bridgehead atoms. The molecule has 0 aliphatic carbocycles. The molecule has 1 saturated heterocycles. The molecular weight excluding hydrogens is 290 g/mol. The van der Waals surface area contributed by atoms with E-state index in [9.17, 15) is 4.79 Å². The first-order valence-corrected chi connectivity index (χ1v) is 9.27. The molecule has 0 saturated carbocycles. The van der Waals surface area contributed by atoms with Gasteiger partial charge in [-0.2, -0.15) is 0 Å². The Morgan fingerprint density at radius 2 is 1.74 bits per heavy atom. The molecule has 1 aliphatic heterocycles. The topological polar surface area (TPSA) is 68.8 Å². The first-order chi connectivity index (χ1) is 11.3. The monoisotopic (exact) mass is 325 g/mol. The average Bonchev–Trinajstić information content (AvgIpc) is 2.83. The number of amides is 1. The summed E-state index contributed by atoms with van der Waals surface area (Å²) < 4.78 is 0. The number of rotatable bonds is 9. The van der Waals surface area contributed by atoms with Crippen LogP contribution in [0.3, 0.4) is 0 Å². The Bertz CT molecular complexity index is 338. The van der Waals surface area contributed by atoms with Crippen LogP contribution in [-0.2, 0) is 4.79 Å². The van der Waals surface area contributed by atoms with Gasteiger partial charge in [0.25, 0.3) is 0 Å². The molecule has 0 unspecified atom stereocenters. The zero-order chi connectivity index (χ0) is 16.8. The van der Waals surface area contributed by atoms with Crippen molar-refractivity contribution >= 4 is 11.9 Å². The number of guanidine groups is 1. The predicted molar refractivity (Wildman–Crippen MR) is 96.8 cm³/mol. The summed E-state index contributed by atoms with van der Waals surface area (Å²) in [6, 6.07) is 0. The van der Waals surface area contributed by atoms with Gasteiger partial charge in [0.2, 0.25) is 5.91 Å². The Balaban J connectivity index is 2.22. The fourth-order valence-electron chi connectivity index (χ4n) is 2.68. The van der Waals surface area contributed by atoms with Crippen LogP contribution in [0.25, 0.3) is 0 Å². The molecule has 0 radical (unpaired) electrons. The maximum absolute atomic E-state index is 11.6. The molecule has 1 rings (SSSR count). The van der Waals surface area contributed by atoms with E-state index >= 15 is 0 Å². The largest absolute Gasteiger partial charge is 0.357 e. The van der Waals surface area contributed by atoms with Crippen LogP contribution in [0.4, 0.5) is 0 Å². The van der Waals surface area contributed by atoms with E-state index < -0.39 is 0 Å². The highest BCUT2D eigenvalue weighted by atomic mass is 16.1. The summed E-state index contributed by atoms with van der Waals surface area (Å²) in [5, 5.41) is 9.35. The van der Waals surface area contributed by atoms with E-state index in [-0.39, 0.29) is 12.5 Å². The summed E-state index contributed by atoms with van der Waals surface area (Å²) in [4.78, 5) is 18.5. The van der Waals surface area contributed by atoms with Crippen LogP contribution in [0, 0.1) is 0 Å². The Morgan fingerprint density at radius 3 is 2.39 bits per heavy atom. The molecule has 0 aromatic carbocycles. The minimum absolute atomic E-state index is 0.0198. The third kappa shape index (κ3) is 10.2. The van der Waals surface area contributed by atoms with Crippen molar-refractivity contribution in [1.29, 1.82) is 0 Å². The molecule has 0 aromatic rings. The third-order valence-electron chi connectivity index (χ3n) is 3.94. The van der Waals surface area contributed by atoms with Crippen LogP contribution in [0.5, 0.6) is 0 Å². The highest BCUT2D eigenvalue weighted by Gasteiger charge is 2.08. The van der Waals surface area contributed by atoms with Crippen LogP contribution in [0.2, 0.25) is 0 Å². The van der Waals surface area contributed by atoms with Crippen molar-refractivity contribution in [2.24, 2.45) is 4.99 Å². The number of nitrogens with one attached hydrogen (secondary N) is 3. The molecule has 6 heteroatoms. The normalized spacial score (nSPS) is 16.7. The number of hydrogen-bond acceptors (Lipinski definition) is 3. The van der Waals surface area contributed by atoms with Gasteiger partial charge in [0.15, 0.2) is 5.96 Å².